The molecule has 0 aliphatic heterocycles. The van der Waals surface area contributed by atoms with E-state index in [1.54, 1.807) is 0 Å². The molecule has 0 fully saturated rings. The number of hydrogen-bond acceptors (Lipinski definition) is 3. The molecule has 0 rings (SSSR count). The fourth-order valence-corrected chi connectivity index (χ4v) is 0. The Bertz CT molecular complexity index is 15.5. The molecule has 0 aromatic rings. The first-order valence-electron chi connectivity index (χ1n) is 0.775. The summed E-state index contributed by atoms with van der Waals surface area (Å²) in [7, 11) is -2.17. The van der Waals surface area contributed by atoms with Gasteiger partial charge in [0.15, 0.2) is 17.4 Å². The topological polar surface area (TPSA) is 60.7 Å². The fraction of sp³-hybridized carbons (Fsp3) is 0. The van der Waals surface area contributed by atoms with Crippen LogP contribution in [0.3, 0.4) is 0 Å². The molecule has 6 heteroatoms. The van der Waals surface area contributed by atoms with Crippen molar-refractivity contribution < 1.29 is 15.1 Å². The molecule has 0 aromatic carbocycles. The van der Waals surface area contributed by atoms with Crippen molar-refractivity contribution in [3.8, 4) is 0 Å². The molecule has 0 atom stereocenters. The van der Waals surface area contributed by atoms with E-state index >= 15 is 0 Å². The van der Waals surface area contributed by atoms with Gasteiger partial charge in [0.2, 0.25) is 0 Å². The van der Waals surface area contributed by atoms with Crippen molar-refractivity contribution in [3.05, 3.63) is 0 Å². The average Bonchev–Trinajstić information content (AvgIpc) is 0.811. The summed E-state index contributed by atoms with van der Waals surface area (Å²) in [5, 5.41) is 21.5. The van der Waals surface area contributed by atoms with Crippen molar-refractivity contribution in [2.75, 3.05) is 0 Å². The van der Waals surface area contributed by atoms with Crippen LogP contribution < -0.4 is 0 Å². The maximum atomic E-state index is 7.17. The van der Waals surface area contributed by atoms with Gasteiger partial charge in [-0.3, -0.25) is 0 Å². The van der Waals surface area contributed by atoms with E-state index in [-0.39, 0.29) is 46.9 Å². The summed E-state index contributed by atoms with van der Waals surface area (Å²) in [6, 6.07) is 0. The summed E-state index contributed by atoms with van der Waals surface area (Å²) in [6.45, 7) is 0. The number of hydrogen-bond donors (Lipinski definition) is 3. The molecule has 0 spiro atoms. The molecule has 0 bridgehead atoms. The van der Waals surface area contributed by atoms with Crippen LogP contribution in [0.1, 0.15) is 0 Å². The Labute approximate surface area is 69.0 Å². The zero-order valence-corrected chi connectivity index (χ0v) is 1.92. The van der Waals surface area contributed by atoms with Gasteiger partial charge in [0.1, 0.15) is 0 Å². The standard InChI is InChI=1S/Al.BH3O3.Na.4H/c;2-1(3)4;;;;;/h;2-4H;;;;;. The third-order valence-corrected chi connectivity index (χ3v) is 0. The predicted molar refractivity (Wildman–Crippen MR) is 29.5 cm³/mol. The van der Waals surface area contributed by atoms with Gasteiger partial charge in [-0.15, -0.1) is 0 Å². The van der Waals surface area contributed by atoms with E-state index in [2.05, 4.69) is 0 Å². The van der Waals surface area contributed by atoms with Gasteiger partial charge in [0.25, 0.3) is 0 Å². The van der Waals surface area contributed by atoms with Gasteiger partial charge in [-0.1, -0.05) is 0 Å². The molecular formula is H7AlBNaO3. The van der Waals surface area contributed by atoms with E-state index in [4.69, 9.17) is 15.1 Å². The maximum absolute atomic E-state index is 7.17. The van der Waals surface area contributed by atoms with Crippen LogP contribution in [0.4, 0.5) is 0 Å². The molecule has 0 saturated carbocycles. The van der Waals surface area contributed by atoms with Crippen LogP contribution >= 0.6 is 0 Å². The Balaban J connectivity index is -0.0000000450. The van der Waals surface area contributed by atoms with Crippen LogP contribution in [-0.2, 0) is 0 Å². The van der Waals surface area contributed by atoms with Crippen LogP contribution in [0.15, 0.2) is 0 Å². The zero-order valence-electron chi connectivity index (χ0n) is 1.92. The monoisotopic (exact) mass is 116 g/mol. The second-order valence-corrected chi connectivity index (χ2v) is 0.346. The van der Waals surface area contributed by atoms with E-state index in [0.29, 0.717) is 0 Å². The zero-order chi connectivity index (χ0) is 3.58. The van der Waals surface area contributed by atoms with Crippen LogP contribution in [-0.4, -0.2) is 69.3 Å². The Morgan fingerprint density at radius 3 is 1.00 bits per heavy atom. The summed E-state index contributed by atoms with van der Waals surface area (Å²) >= 11 is 0. The third-order valence-electron chi connectivity index (χ3n) is 0. The van der Waals surface area contributed by atoms with Crippen LogP contribution in [0.25, 0.3) is 0 Å². The number of rotatable bonds is 0. The van der Waals surface area contributed by atoms with Gasteiger partial charge in [-0.05, 0) is 0 Å². The quantitative estimate of drug-likeness (QED) is 0.283. The summed E-state index contributed by atoms with van der Waals surface area (Å²) in [4.78, 5) is 0. The summed E-state index contributed by atoms with van der Waals surface area (Å²) < 4.78 is 0. The molecule has 0 aliphatic carbocycles. The van der Waals surface area contributed by atoms with Gasteiger partial charge < -0.3 is 15.1 Å². The van der Waals surface area contributed by atoms with Crippen LogP contribution in [0, 0.1) is 0 Å². The molecule has 6 heavy (non-hydrogen) atoms. The first kappa shape index (κ1) is 15.6. The van der Waals surface area contributed by atoms with Crippen molar-refractivity contribution >= 4 is 54.2 Å². The Kier molecular flexibility index (Phi) is 25.3. The molecule has 0 amide bonds. The Morgan fingerprint density at radius 1 is 1.00 bits per heavy atom. The summed E-state index contributed by atoms with van der Waals surface area (Å²) in [5.41, 5.74) is 0. The molecule has 0 radical (unpaired) electrons. The average molecular weight is 116 g/mol. The molecule has 3 nitrogen and oxygen atoms in total. The molecule has 3 N–H and O–H groups in total. The van der Waals surface area contributed by atoms with Crippen LogP contribution in [0.5, 0.6) is 0 Å². The molecule has 0 aliphatic rings. The van der Waals surface area contributed by atoms with E-state index < -0.39 is 7.32 Å². The van der Waals surface area contributed by atoms with E-state index in [0.717, 1.165) is 0 Å². The van der Waals surface area contributed by atoms with E-state index in [1.165, 1.54) is 0 Å². The van der Waals surface area contributed by atoms with Gasteiger partial charge in [-0.2, -0.15) is 0 Å². The third kappa shape index (κ3) is 50.3. The first-order valence-corrected chi connectivity index (χ1v) is 0.775. The minimum atomic E-state index is -2.17. The fourth-order valence-electron chi connectivity index (χ4n) is 0. The molecule has 0 unspecified atom stereocenters. The van der Waals surface area contributed by atoms with Gasteiger partial charge in [0, 0.05) is 0 Å². The van der Waals surface area contributed by atoms with Crippen molar-refractivity contribution in [2.45, 2.75) is 0 Å². The van der Waals surface area contributed by atoms with E-state index in [9.17, 15) is 0 Å². The van der Waals surface area contributed by atoms with Crippen molar-refractivity contribution in [2.24, 2.45) is 0 Å². The van der Waals surface area contributed by atoms with E-state index in [1.807, 2.05) is 0 Å². The van der Waals surface area contributed by atoms with Crippen molar-refractivity contribution in [1.29, 1.82) is 0 Å². The summed E-state index contributed by atoms with van der Waals surface area (Å²) in [6.07, 6.45) is 0. The van der Waals surface area contributed by atoms with Gasteiger partial charge in [0.05, 0.1) is 0 Å². The molecule has 0 aromatic heterocycles. The van der Waals surface area contributed by atoms with Crippen LogP contribution in [0.2, 0.25) is 0 Å². The van der Waals surface area contributed by atoms with Crippen molar-refractivity contribution in [3.63, 3.8) is 0 Å². The minimum absolute atomic E-state index is 0. The second kappa shape index (κ2) is 9.69. The predicted octanol–water partition coefficient (Wildman–Crippen LogP) is -3.88. The molecule has 0 saturated heterocycles. The Morgan fingerprint density at radius 2 is 1.00 bits per heavy atom. The van der Waals surface area contributed by atoms with Crippen molar-refractivity contribution in [1.82, 2.24) is 0 Å². The summed E-state index contributed by atoms with van der Waals surface area (Å²) in [5.74, 6) is 0. The Hall–Kier alpha value is 1.48. The first-order chi connectivity index (χ1) is 1.73. The molecule has 32 valence electrons. The second-order valence-electron chi connectivity index (χ2n) is 0.346. The molecule has 0 heterocycles. The van der Waals surface area contributed by atoms with Gasteiger partial charge >= 0.3 is 36.9 Å². The normalized spacial score (nSPS) is 4.50. The SMILES string of the molecule is OB(O)O.[AlH3].[NaH]. The van der Waals surface area contributed by atoms with Gasteiger partial charge in [-0.25, -0.2) is 0 Å². The molecular weight excluding hydrogens is 109 g/mol.